The molecule has 0 bridgehead atoms. The number of primary amides is 1. The topological polar surface area (TPSA) is 112 Å². The molecule has 1 saturated carbocycles. The van der Waals surface area contributed by atoms with Crippen LogP contribution in [0.4, 0.5) is 5.00 Å². The predicted octanol–water partition coefficient (Wildman–Crippen LogP) is 3.29. The molecule has 1 saturated heterocycles. The van der Waals surface area contributed by atoms with Gasteiger partial charge < -0.3 is 20.7 Å². The van der Waals surface area contributed by atoms with Gasteiger partial charge in [0.05, 0.1) is 12.1 Å². The highest BCUT2D eigenvalue weighted by atomic mass is 32.1. The van der Waals surface area contributed by atoms with E-state index in [1.165, 1.54) is 10.4 Å². The molecule has 8 nitrogen and oxygen atoms in total. The average Bonchev–Trinajstić information content (AvgIpc) is 3.55. The van der Waals surface area contributed by atoms with E-state index in [1.807, 2.05) is 11.9 Å². The van der Waals surface area contributed by atoms with Gasteiger partial charge in [0, 0.05) is 37.5 Å². The number of ether oxygens (including phenoxy) is 1. The average molecular weight is 490 g/mol. The summed E-state index contributed by atoms with van der Waals surface area (Å²) in [6.07, 6.45) is 9.10. The van der Waals surface area contributed by atoms with Crippen molar-refractivity contribution in [2.75, 3.05) is 39.0 Å². The van der Waals surface area contributed by atoms with Gasteiger partial charge in [0.25, 0.3) is 0 Å². The van der Waals surface area contributed by atoms with Crippen LogP contribution < -0.4 is 11.1 Å². The minimum Gasteiger partial charge on any atom is -0.474 e. The molecule has 2 fully saturated rings. The van der Waals surface area contributed by atoms with Crippen molar-refractivity contribution < 1.29 is 14.3 Å². The molecule has 2 amide bonds. The van der Waals surface area contributed by atoms with Gasteiger partial charge in [0.2, 0.25) is 17.7 Å². The first-order chi connectivity index (χ1) is 16.4. The zero-order valence-electron chi connectivity index (χ0n) is 20.5. The van der Waals surface area contributed by atoms with E-state index in [1.54, 1.807) is 11.3 Å². The zero-order valence-corrected chi connectivity index (χ0v) is 21.3. The summed E-state index contributed by atoms with van der Waals surface area (Å²) < 4.78 is 6.23. The highest BCUT2D eigenvalue weighted by molar-refractivity contribution is 7.16. The Labute approximate surface area is 206 Å². The third kappa shape index (κ3) is 5.57. The molecule has 3 aliphatic rings. The number of hydrogen-bond acceptors (Lipinski definition) is 7. The number of aryl methyl sites for hydroxylation is 1. The molecule has 0 radical (unpaired) electrons. The van der Waals surface area contributed by atoms with Crippen LogP contribution in [0.3, 0.4) is 0 Å². The summed E-state index contributed by atoms with van der Waals surface area (Å²) in [5.41, 5.74) is 7.46. The molecule has 0 aromatic carbocycles. The Morgan fingerprint density at radius 3 is 2.56 bits per heavy atom. The highest BCUT2D eigenvalue weighted by Crippen LogP contribution is 2.47. The monoisotopic (exact) mass is 489 g/mol. The third-order valence-electron chi connectivity index (χ3n) is 7.74. The number of nitrogens with zero attached hydrogens (tertiary/aromatic N) is 2. The Bertz CT molecular complexity index is 903. The van der Waals surface area contributed by atoms with Crippen LogP contribution in [-0.2, 0) is 20.7 Å². The van der Waals surface area contributed by atoms with E-state index in [0.29, 0.717) is 19.0 Å². The smallest absolute Gasteiger partial charge is 0.236 e. The maximum Gasteiger partial charge on any atom is 0.236 e. The van der Waals surface area contributed by atoms with Crippen molar-refractivity contribution in [1.29, 1.82) is 5.41 Å². The van der Waals surface area contributed by atoms with Crippen LogP contribution in [0.15, 0.2) is 0 Å². The number of anilines is 1. The second-order valence-electron chi connectivity index (χ2n) is 10.0. The molecule has 1 aliphatic heterocycles. The minimum atomic E-state index is -0.269. The lowest BCUT2D eigenvalue weighted by Gasteiger charge is -2.35. The number of nitrogens with two attached hydrogens (primary N) is 1. The first kappa shape index (κ1) is 25.0. The molecule has 188 valence electrons. The number of likely N-dealkylation sites (tertiary alicyclic amines) is 1. The number of fused-ring (bicyclic) bond motifs is 1. The molecule has 1 atom stereocenters. The summed E-state index contributed by atoms with van der Waals surface area (Å²) >= 11 is 1.71. The van der Waals surface area contributed by atoms with Gasteiger partial charge in [0.1, 0.15) is 11.1 Å². The summed E-state index contributed by atoms with van der Waals surface area (Å²) in [4.78, 5) is 29.3. The van der Waals surface area contributed by atoms with Gasteiger partial charge in [-0.25, -0.2) is 0 Å². The van der Waals surface area contributed by atoms with Crippen molar-refractivity contribution in [2.24, 2.45) is 5.73 Å². The van der Waals surface area contributed by atoms with Gasteiger partial charge in [-0.2, -0.15) is 0 Å². The minimum absolute atomic E-state index is 0.0252. The fraction of sp³-hybridized carbons (Fsp3) is 0.720. The molecule has 0 spiro atoms. The van der Waals surface area contributed by atoms with Gasteiger partial charge in [0.15, 0.2) is 0 Å². The summed E-state index contributed by atoms with van der Waals surface area (Å²) in [6.45, 7) is 2.30. The molecule has 2 heterocycles. The Morgan fingerprint density at radius 1 is 1.21 bits per heavy atom. The summed E-state index contributed by atoms with van der Waals surface area (Å²) in [5, 5.41) is 13.1. The first-order valence-electron chi connectivity index (χ1n) is 12.7. The molecule has 2 aliphatic carbocycles. The summed E-state index contributed by atoms with van der Waals surface area (Å²) in [5.74, 6) is 0.484. The second kappa shape index (κ2) is 11.1. The van der Waals surface area contributed by atoms with Crippen molar-refractivity contribution >= 4 is 34.0 Å². The first-order valence-corrected chi connectivity index (χ1v) is 13.5. The Morgan fingerprint density at radius 2 is 1.91 bits per heavy atom. The largest absolute Gasteiger partial charge is 0.474 e. The molecule has 9 heteroatoms. The van der Waals surface area contributed by atoms with E-state index in [9.17, 15) is 9.59 Å². The highest BCUT2D eigenvalue weighted by Gasteiger charge is 2.34. The van der Waals surface area contributed by atoms with E-state index in [2.05, 4.69) is 17.3 Å². The predicted molar refractivity (Wildman–Crippen MR) is 136 cm³/mol. The maximum absolute atomic E-state index is 12.5. The van der Waals surface area contributed by atoms with Crippen molar-refractivity contribution in [3.63, 3.8) is 0 Å². The van der Waals surface area contributed by atoms with E-state index < -0.39 is 0 Å². The van der Waals surface area contributed by atoms with E-state index in [4.69, 9.17) is 15.9 Å². The van der Waals surface area contributed by atoms with E-state index in [0.717, 1.165) is 81.4 Å². The molecule has 4 N–H and O–H groups in total. The van der Waals surface area contributed by atoms with Gasteiger partial charge in [-0.05, 0) is 76.3 Å². The lowest BCUT2D eigenvalue weighted by atomic mass is 9.91. The van der Waals surface area contributed by atoms with Crippen LogP contribution >= 0.6 is 11.3 Å². The molecule has 1 aromatic rings. The number of amides is 2. The Hall–Kier alpha value is -2.13. The maximum atomic E-state index is 12.5. The van der Waals surface area contributed by atoms with Crippen LogP contribution in [-0.4, -0.2) is 73.4 Å². The van der Waals surface area contributed by atoms with Crippen LogP contribution in [0.1, 0.15) is 79.7 Å². The number of hydrogen-bond donors (Lipinski definition) is 3. The number of likely N-dealkylation sites (N-methyl/N-ethyl adjacent to an activating group) is 1. The van der Waals surface area contributed by atoms with Crippen LogP contribution in [0.2, 0.25) is 0 Å². The second-order valence-corrected chi connectivity index (χ2v) is 11.1. The summed E-state index contributed by atoms with van der Waals surface area (Å²) in [7, 11) is 3.95. The van der Waals surface area contributed by atoms with Crippen molar-refractivity contribution in [3.8, 4) is 0 Å². The summed E-state index contributed by atoms with van der Waals surface area (Å²) in [6, 6.07) is 0.386. The fourth-order valence-electron chi connectivity index (χ4n) is 5.80. The molecule has 34 heavy (non-hydrogen) atoms. The van der Waals surface area contributed by atoms with Gasteiger partial charge in [-0.15, -0.1) is 11.3 Å². The molecule has 1 aromatic heterocycles. The van der Waals surface area contributed by atoms with Crippen molar-refractivity contribution in [1.82, 2.24) is 9.80 Å². The van der Waals surface area contributed by atoms with Crippen LogP contribution in [0, 0.1) is 5.41 Å². The number of carbonyl (C=O) groups is 2. The molecule has 4 rings (SSSR count). The van der Waals surface area contributed by atoms with E-state index >= 15 is 0 Å². The van der Waals surface area contributed by atoms with Gasteiger partial charge in [-0.1, -0.05) is 0 Å². The molecule has 0 unspecified atom stereocenters. The number of carbonyl (C=O) groups excluding carboxylic acids is 2. The number of rotatable bonds is 9. The molecular weight excluding hydrogens is 450 g/mol. The normalized spacial score (nSPS) is 24.3. The number of thiophene rings is 1. The lowest BCUT2D eigenvalue weighted by molar-refractivity contribution is -0.131. The van der Waals surface area contributed by atoms with Crippen LogP contribution in [0.25, 0.3) is 0 Å². The SMILES string of the molecule is CNc1sc2c(c1C(=N)OC1CCC(N(C)CC(=O)N3CCCC3)CC1)[C@@H](CCC(N)=O)CC2. The Kier molecular flexibility index (Phi) is 8.14. The lowest BCUT2D eigenvalue weighted by Crippen LogP contribution is -2.43. The van der Waals surface area contributed by atoms with E-state index in [-0.39, 0.29) is 29.7 Å². The number of nitrogens with one attached hydrogen (secondary N) is 2. The Balaban J connectivity index is 1.33. The third-order valence-corrected chi connectivity index (χ3v) is 9.02. The van der Waals surface area contributed by atoms with Crippen molar-refractivity contribution in [2.45, 2.75) is 82.3 Å². The molecular formula is C25H39N5O3S. The zero-order chi connectivity index (χ0) is 24.2. The van der Waals surface area contributed by atoms with Crippen molar-refractivity contribution in [3.05, 3.63) is 16.0 Å². The van der Waals surface area contributed by atoms with Crippen LogP contribution in [0.5, 0.6) is 0 Å². The quantitative estimate of drug-likeness (QED) is 0.364. The fourth-order valence-corrected chi connectivity index (χ4v) is 7.05. The van der Waals surface area contributed by atoms with Gasteiger partial charge in [-0.3, -0.25) is 19.9 Å². The van der Waals surface area contributed by atoms with Gasteiger partial charge >= 0.3 is 0 Å². The standard InChI is InChI=1S/C25H39N5O3S/c1-28-25-23(22-16(6-12-20(26)31)5-11-19(22)34-25)24(27)33-18-9-7-17(8-10-18)29(2)15-21(32)30-13-3-4-14-30/h16-18,27-28H,3-15H2,1-2H3,(H2,26,31)/t16-,17?,18?/m1/s1.